The number of halogens is 2. The van der Waals surface area contributed by atoms with E-state index in [1.54, 1.807) is 14.2 Å². The summed E-state index contributed by atoms with van der Waals surface area (Å²) in [7, 11) is 3.24. The van der Waals surface area contributed by atoms with E-state index in [1.165, 1.54) is 0 Å². The first-order valence-corrected chi connectivity index (χ1v) is 4.62. The molecule has 0 aromatic heterocycles. The Morgan fingerprint density at radius 1 is 1.21 bits per heavy atom. The van der Waals surface area contributed by atoms with E-state index in [0.717, 1.165) is 21.5 Å². The van der Waals surface area contributed by atoms with Crippen molar-refractivity contribution in [3.05, 3.63) is 22.2 Å². The third-order valence-electron chi connectivity index (χ3n) is 1.77. The van der Waals surface area contributed by atoms with Crippen LogP contribution in [0.2, 0.25) is 0 Å². The Hall–Kier alpha value is -0.450. The largest absolute Gasteiger partial charge is 0.496 e. The molecule has 0 aliphatic rings. The maximum Gasteiger partial charge on any atom is 0.133 e. The van der Waals surface area contributed by atoms with Crippen LogP contribution in [0.4, 0.5) is 0 Å². The molecule has 2 N–H and O–H groups in total. The standard InChI is InChI=1S/C9H12BrNO2.ClH/c1-12-8-4-7(10)9(13-2)3-6(8)5-11;/h3-4H,5,11H2,1-2H3;1H. The molecule has 0 amide bonds. The second-order valence-electron chi connectivity index (χ2n) is 2.50. The molecule has 0 aliphatic carbocycles. The number of hydrogen-bond acceptors (Lipinski definition) is 3. The normalized spacial score (nSPS) is 9.14. The highest BCUT2D eigenvalue weighted by atomic mass is 79.9. The fourth-order valence-electron chi connectivity index (χ4n) is 1.08. The molecule has 0 heterocycles. The van der Waals surface area contributed by atoms with Gasteiger partial charge in [0.05, 0.1) is 18.7 Å². The van der Waals surface area contributed by atoms with Gasteiger partial charge in [0.25, 0.3) is 0 Å². The Morgan fingerprint density at radius 3 is 2.21 bits per heavy atom. The van der Waals surface area contributed by atoms with Crippen LogP contribution in [0.25, 0.3) is 0 Å². The van der Waals surface area contributed by atoms with E-state index in [0.29, 0.717) is 6.54 Å². The highest BCUT2D eigenvalue weighted by Gasteiger charge is 2.07. The zero-order chi connectivity index (χ0) is 9.84. The van der Waals surface area contributed by atoms with Crippen LogP contribution in [0.1, 0.15) is 5.56 Å². The van der Waals surface area contributed by atoms with Gasteiger partial charge in [0.1, 0.15) is 11.5 Å². The van der Waals surface area contributed by atoms with Gasteiger partial charge in [-0.2, -0.15) is 0 Å². The lowest BCUT2D eigenvalue weighted by Crippen LogP contribution is -2.00. The third kappa shape index (κ3) is 2.77. The number of methoxy groups -OCH3 is 2. The smallest absolute Gasteiger partial charge is 0.133 e. The SMILES string of the molecule is COc1cc(CN)c(OC)cc1Br.Cl. The molecule has 1 aromatic rings. The molecule has 0 saturated carbocycles. The van der Waals surface area contributed by atoms with Crippen molar-refractivity contribution in [2.75, 3.05) is 14.2 Å². The molecule has 14 heavy (non-hydrogen) atoms. The predicted octanol–water partition coefficient (Wildman–Crippen LogP) is 2.35. The van der Waals surface area contributed by atoms with Crippen molar-refractivity contribution in [1.82, 2.24) is 0 Å². The van der Waals surface area contributed by atoms with Gasteiger partial charge in [-0.3, -0.25) is 0 Å². The summed E-state index contributed by atoms with van der Waals surface area (Å²) in [5.74, 6) is 1.54. The molecule has 0 atom stereocenters. The van der Waals surface area contributed by atoms with Crippen molar-refractivity contribution in [3.63, 3.8) is 0 Å². The quantitative estimate of drug-likeness (QED) is 0.925. The van der Waals surface area contributed by atoms with Crippen LogP contribution in [0, 0.1) is 0 Å². The Bertz CT molecular complexity index is 307. The second-order valence-corrected chi connectivity index (χ2v) is 3.36. The van der Waals surface area contributed by atoms with Crippen LogP contribution >= 0.6 is 28.3 Å². The summed E-state index contributed by atoms with van der Waals surface area (Å²) in [6, 6.07) is 3.71. The second kappa shape index (κ2) is 6.11. The molecule has 0 unspecified atom stereocenters. The minimum absolute atomic E-state index is 0. The van der Waals surface area contributed by atoms with Gasteiger partial charge >= 0.3 is 0 Å². The Labute approximate surface area is 98.1 Å². The maximum atomic E-state index is 5.55. The van der Waals surface area contributed by atoms with E-state index >= 15 is 0 Å². The first-order chi connectivity index (χ1) is 6.22. The first-order valence-electron chi connectivity index (χ1n) is 3.83. The average molecular weight is 283 g/mol. The van der Waals surface area contributed by atoms with Gasteiger partial charge in [-0.25, -0.2) is 0 Å². The fraction of sp³-hybridized carbons (Fsp3) is 0.333. The molecule has 3 nitrogen and oxygen atoms in total. The van der Waals surface area contributed by atoms with Crippen LogP contribution < -0.4 is 15.2 Å². The van der Waals surface area contributed by atoms with E-state index in [9.17, 15) is 0 Å². The maximum absolute atomic E-state index is 5.55. The van der Waals surface area contributed by atoms with Gasteiger partial charge in [-0.05, 0) is 28.1 Å². The lowest BCUT2D eigenvalue weighted by atomic mass is 10.2. The molecule has 80 valence electrons. The molecular weight excluding hydrogens is 269 g/mol. The van der Waals surface area contributed by atoms with E-state index in [1.807, 2.05) is 12.1 Å². The summed E-state index contributed by atoms with van der Waals surface area (Å²) in [6.45, 7) is 0.437. The first kappa shape index (κ1) is 13.6. The van der Waals surface area contributed by atoms with Crippen LogP contribution in [0.3, 0.4) is 0 Å². The lowest BCUT2D eigenvalue weighted by Gasteiger charge is -2.10. The zero-order valence-corrected chi connectivity index (χ0v) is 10.4. The molecule has 1 rings (SSSR count). The summed E-state index contributed by atoms with van der Waals surface area (Å²) < 4.78 is 11.1. The number of ether oxygens (including phenoxy) is 2. The zero-order valence-electron chi connectivity index (χ0n) is 8.04. The molecular formula is C9H13BrClNO2. The molecule has 0 spiro atoms. The van der Waals surface area contributed by atoms with E-state index in [2.05, 4.69) is 15.9 Å². The summed E-state index contributed by atoms with van der Waals surface area (Å²) >= 11 is 3.37. The molecule has 0 bridgehead atoms. The topological polar surface area (TPSA) is 44.5 Å². The van der Waals surface area contributed by atoms with Gasteiger partial charge < -0.3 is 15.2 Å². The summed E-state index contributed by atoms with van der Waals surface area (Å²) in [6.07, 6.45) is 0. The monoisotopic (exact) mass is 281 g/mol. The Morgan fingerprint density at radius 2 is 1.79 bits per heavy atom. The fourth-order valence-corrected chi connectivity index (χ4v) is 1.57. The van der Waals surface area contributed by atoms with Crippen molar-refractivity contribution < 1.29 is 9.47 Å². The minimum Gasteiger partial charge on any atom is -0.496 e. The molecule has 0 radical (unpaired) electrons. The van der Waals surface area contributed by atoms with Gasteiger partial charge in [0, 0.05) is 12.1 Å². The molecule has 1 aromatic carbocycles. The van der Waals surface area contributed by atoms with Crippen molar-refractivity contribution >= 4 is 28.3 Å². The molecule has 5 heteroatoms. The van der Waals surface area contributed by atoms with Crippen LogP contribution in [-0.2, 0) is 6.54 Å². The molecule has 0 saturated heterocycles. The Balaban J connectivity index is 0.00000169. The molecule has 0 fully saturated rings. The predicted molar refractivity (Wildman–Crippen MR) is 62.4 cm³/mol. The molecule has 0 aliphatic heterocycles. The third-order valence-corrected chi connectivity index (χ3v) is 2.39. The minimum atomic E-state index is 0. The van der Waals surface area contributed by atoms with Crippen molar-refractivity contribution in [2.45, 2.75) is 6.54 Å². The van der Waals surface area contributed by atoms with Gasteiger partial charge in [0.15, 0.2) is 0 Å². The van der Waals surface area contributed by atoms with Gasteiger partial charge in [0.2, 0.25) is 0 Å². The van der Waals surface area contributed by atoms with Crippen LogP contribution in [-0.4, -0.2) is 14.2 Å². The van der Waals surface area contributed by atoms with E-state index in [4.69, 9.17) is 15.2 Å². The Kier molecular flexibility index (Phi) is 5.92. The number of nitrogens with two attached hydrogens (primary N) is 1. The van der Waals surface area contributed by atoms with Crippen molar-refractivity contribution in [2.24, 2.45) is 5.73 Å². The van der Waals surface area contributed by atoms with E-state index in [-0.39, 0.29) is 12.4 Å². The summed E-state index contributed by atoms with van der Waals surface area (Å²) in [5.41, 5.74) is 6.48. The average Bonchev–Trinajstić information content (AvgIpc) is 2.17. The highest BCUT2D eigenvalue weighted by Crippen LogP contribution is 2.32. The number of hydrogen-bond donors (Lipinski definition) is 1. The van der Waals surface area contributed by atoms with Crippen LogP contribution in [0.5, 0.6) is 11.5 Å². The summed E-state index contributed by atoms with van der Waals surface area (Å²) in [5, 5.41) is 0. The number of benzene rings is 1. The number of rotatable bonds is 3. The summed E-state index contributed by atoms with van der Waals surface area (Å²) in [4.78, 5) is 0. The van der Waals surface area contributed by atoms with Crippen molar-refractivity contribution in [1.29, 1.82) is 0 Å². The van der Waals surface area contributed by atoms with Gasteiger partial charge in [-0.15, -0.1) is 12.4 Å². The van der Waals surface area contributed by atoms with Crippen LogP contribution in [0.15, 0.2) is 16.6 Å². The van der Waals surface area contributed by atoms with Crippen molar-refractivity contribution in [3.8, 4) is 11.5 Å². The van der Waals surface area contributed by atoms with Gasteiger partial charge in [-0.1, -0.05) is 0 Å². The lowest BCUT2D eigenvalue weighted by molar-refractivity contribution is 0.397. The highest BCUT2D eigenvalue weighted by molar-refractivity contribution is 9.10. The van der Waals surface area contributed by atoms with E-state index < -0.39 is 0 Å².